The molecule has 0 unspecified atom stereocenters. The SMILES string of the molecule is C=CCN1C(=O)[C@]2(O[C@H](CC(=O)N3CCC[C@H]3CO)[C@@H](C(C)(C)c3ccc(OC)cc3)[C@@H]2C)c2ccccc21. The molecule has 7 nitrogen and oxygen atoms in total. The van der Waals surface area contributed by atoms with Crippen molar-refractivity contribution in [2.45, 2.75) is 63.2 Å². The number of fused-ring (bicyclic) bond motifs is 2. The number of hydrogen-bond acceptors (Lipinski definition) is 5. The second-order valence-corrected chi connectivity index (χ2v) is 11.6. The Morgan fingerprint density at radius 1 is 1.23 bits per heavy atom. The number of aliphatic hydroxyl groups is 1. The van der Waals surface area contributed by atoms with E-state index in [0.29, 0.717) is 13.1 Å². The van der Waals surface area contributed by atoms with Crippen LogP contribution in [0.25, 0.3) is 0 Å². The summed E-state index contributed by atoms with van der Waals surface area (Å²) < 4.78 is 12.3. The first kappa shape index (κ1) is 27.4. The van der Waals surface area contributed by atoms with Crippen LogP contribution in [-0.2, 0) is 25.3 Å². The Kier molecular flexibility index (Phi) is 7.33. The highest BCUT2D eigenvalue weighted by Crippen LogP contribution is 2.59. The maximum atomic E-state index is 14.3. The van der Waals surface area contributed by atoms with E-state index in [1.807, 2.05) is 36.4 Å². The molecule has 3 heterocycles. The summed E-state index contributed by atoms with van der Waals surface area (Å²) in [5.74, 6) is 0.278. The van der Waals surface area contributed by atoms with Crippen LogP contribution in [0.5, 0.6) is 5.75 Å². The van der Waals surface area contributed by atoms with Gasteiger partial charge in [-0.2, -0.15) is 0 Å². The van der Waals surface area contributed by atoms with Gasteiger partial charge in [0.25, 0.3) is 5.91 Å². The van der Waals surface area contributed by atoms with E-state index in [-0.39, 0.29) is 42.7 Å². The predicted molar refractivity (Wildman–Crippen MR) is 151 cm³/mol. The van der Waals surface area contributed by atoms with E-state index in [1.165, 1.54) is 0 Å². The lowest BCUT2D eigenvalue weighted by atomic mass is 9.63. The lowest BCUT2D eigenvalue weighted by Crippen LogP contribution is -2.46. The van der Waals surface area contributed by atoms with Crippen LogP contribution < -0.4 is 9.64 Å². The Labute approximate surface area is 231 Å². The second-order valence-electron chi connectivity index (χ2n) is 11.6. The molecule has 39 heavy (non-hydrogen) atoms. The number of benzene rings is 2. The average molecular weight is 533 g/mol. The second kappa shape index (κ2) is 10.4. The van der Waals surface area contributed by atoms with Crippen LogP contribution in [0.3, 0.4) is 0 Å². The molecule has 7 heteroatoms. The number of methoxy groups -OCH3 is 1. The first-order valence-electron chi connectivity index (χ1n) is 14.0. The number of rotatable bonds is 8. The van der Waals surface area contributed by atoms with Crippen molar-refractivity contribution in [2.75, 3.05) is 31.7 Å². The highest BCUT2D eigenvalue weighted by molar-refractivity contribution is 6.07. The largest absolute Gasteiger partial charge is 0.497 e. The Bertz CT molecular complexity index is 1240. The number of nitrogens with zero attached hydrogens (tertiary/aromatic N) is 2. The monoisotopic (exact) mass is 532 g/mol. The summed E-state index contributed by atoms with van der Waals surface area (Å²) in [6.45, 7) is 11.3. The zero-order chi connectivity index (χ0) is 27.9. The first-order chi connectivity index (χ1) is 18.7. The fourth-order valence-corrected chi connectivity index (χ4v) is 7.42. The lowest BCUT2D eigenvalue weighted by Gasteiger charge is -2.39. The summed E-state index contributed by atoms with van der Waals surface area (Å²) >= 11 is 0. The molecule has 2 fully saturated rings. The summed E-state index contributed by atoms with van der Waals surface area (Å²) in [5.41, 5.74) is 1.16. The minimum absolute atomic E-state index is 0.0296. The van der Waals surface area contributed by atoms with Crippen LogP contribution >= 0.6 is 0 Å². The molecule has 3 aliphatic heterocycles. The molecule has 1 N–H and O–H groups in total. The number of ether oxygens (including phenoxy) is 2. The van der Waals surface area contributed by atoms with E-state index in [4.69, 9.17) is 9.47 Å². The Hall–Kier alpha value is -3.16. The average Bonchev–Trinajstić information content (AvgIpc) is 3.60. The zero-order valence-corrected chi connectivity index (χ0v) is 23.4. The number of anilines is 1. The molecule has 208 valence electrons. The van der Waals surface area contributed by atoms with Crippen LogP contribution in [0.4, 0.5) is 5.69 Å². The molecule has 0 aromatic heterocycles. The van der Waals surface area contributed by atoms with Gasteiger partial charge in [-0.15, -0.1) is 6.58 Å². The molecule has 3 aliphatic rings. The van der Waals surface area contributed by atoms with E-state index in [0.717, 1.165) is 35.4 Å². The van der Waals surface area contributed by atoms with Crippen LogP contribution in [0, 0.1) is 11.8 Å². The van der Waals surface area contributed by atoms with Crippen LogP contribution in [0.15, 0.2) is 61.2 Å². The molecule has 2 aromatic rings. The minimum Gasteiger partial charge on any atom is -0.497 e. The molecule has 0 bridgehead atoms. The van der Waals surface area contributed by atoms with Gasteiger partial charge in [-0.25, -0.2) is 0 Å². The van der Waals surface area contributed by atoms with Gasteiger partial charge < -0.3 is 24.4 Å². The molecular formula is C32H40N2O5. The van der Waals surface area contributed by atoms with Gasteiger partial charge in [0, 0.05) is 30.5 Å². The van der Waals surface area contributed by atoms with E-state index in [2.05, 4.69) is 39.5 Å². The maximum absolute atomic E-state index is 14.3. The van der Waals surface area contributed by atoms with Crippen molar-refractivity contribution < 1.29 is 24.2 Å². The molecule has 0 saturated carbocycles. The Morgan fingerprint density at radius 2 is 1.95 bits per heavy atom. The fourth-order valence-electron chi connectivity index (χ4n) is 7.42. The molecule has 0 aliphatic carbocycles. The number of aliphatic hydroxyl groups excluding tert-OH is 1. The van der Waals surface area contributed by atoms with Gasteiger partial charge in [0.1, 0.15) is 5.75 Å². The minimum atomic E-state index is -1.19. The van der Waals surface area contributed by atoms with Gasteiger partial charge in [-0.3, -0.25) is 9.59 Å². The summed E-state index contributed by atoms with van der Waals surface area (Å²) in [5, 5.41) is 9.86. The smallest absolute Gasteiger partial charge is 0.264 e. The van der Waals surface area contributed by atoms with E-state index in [1.54, 1.807) is 23.0 Å². The van der Waals surface area contributed by atoms with Gasteiger partial charge >= 0.3 is 0 Å². The molecular weight excluding hydrogens is 492 g/mol. The van der Waals surface area contributed by atoms with E-state index in [9.17, 15) is 14.7 Å². The number of likely N-dealkylation sites (tertiary alicyclic amines) is 1. The molecule has 2 aromatic carbocycles. The number of carbonyl (C=O) groups excluding carboxylic acids is 2. The molecule has 2 saturated heterocycles. The van der Waals surface area contributed by atoms with E-state index < -0.39 is 17.1 Å². The summed E-state index contributed by atoms with van der Waals surface area (Å²) in [6.07, 6.45) is 3.08. The number of para-hydroxylation sites is 1. The lowest BCUT2D eigenvalue weighted by molar-refractivity contribution is -0.150. The van der Waals surface area contributed by atoms with Crippen molar-refractivity contribution in [3.8, 4) is 5.75 Å². The normalized spacial score (nSPS) is 28.3. The van der Waals surface area contributed by atoms with Crippen LogP contribution in [0.2, 0.25) is 0 Å². The number of hydrogen-bond donors (Lipinski definition) is 1. The van der Waals surface area contributed by atoms with Crippen molar-refractivity contribution in [2.24, 2.45) is 11.8 Å². The van der Waals surface area contributed by atoms with Crippen LogP contribution in [0.1, 0.15) is 51.2 Å². The topological polar surface area (TPSA) is 79.3 Å². The molecule has 2 amide bonds. The summed E-state index contributed by atoms with van der Waals surface area (Å²) in [4.78, 5) is 31.5. The Morgan fingerprint density at radius 3 is 2.62 bits per heavy atom. The van der Waals surface area contributed by atoms with Gasteiger partial charge in [-0.05, 0) is 42.0 Å². The van der Waals surface area contributed by atoms with Crippen molar-refractivity contribution >= 4 is 17.5 Å². The maximum Gasteiger partial charge on any atom is 0.264 e. The molecule has 0 radical (unpaired) electrons. The standard InChI is InChI=1S/C32H40N2O5/c1-6-17-34-26-12-8-7-11-25(26)32(30(34)37)21(2)29(31(3,4)22-13-15-24(38-5)16-14-22)27(39-32)19-28(36)33-18-9-10-23(33)20-35/h6-8,11-16,21,23,27,29,35H,1,9-10,17-20H2,2-5H3/t21-,23-,27+,29-,32+/m0/s1. The van der Waals surface area contributed by atoms with Gasteiger partial charge in [-0.1, -0.05) is 57.2 Å². The molecule has 1 spiro atoms. The van der Waals surface area contributed by atoms with Crippen molar-refractivity contribution in [1.29, 1.82) is 0 Å². The van der Waals surface area contributed by atoms with Crippen LogP contribution in [-0.4, -0.2) is 60.8 Å². The van der Waals surface area contributed by atoms with Gasteiger partial charge in [0.15, 0.2) is 5.60 Å². The van der Waals surface area contributed by atoms with Crippen molar-refractivity contribution in [3.05, 3.63) is 72.3 Å². The number of carbonyl (C=O) groups is 2. The quantitative estimate of drug-likeness (QED) is 0.509. The Balaban J connectivity index is 1.59. The third kappa shape index (κ3) is 4.27. The van der Waals surface area contributed by atoms with E-state index >= 15 is 0 Å². The van der Waals surface area contributed by atoms with Crippen molar-refractivity contribution in [3.63, 3.8) is 0 Å². The summed E-state index contributed by atoms with van der Waals surface area (Å²) in [7, 11) is 1.65. The molecule has 5 atom stereocenters. The third-order valence-corrected chi connectivity index (χ3v) is 9.34. The van der Waals surface area contributed by atoms with Gasteiger partial charge in [0.2, 0.25) is 5.91 Å². The highest BCUT2D eigenvalue weighted by Gasteiger charge is 2.66. The molecule has 5 rings (SSSR count). The van der Waals surface area contributed by atoms with Gasteiger partial charge in [0.05, 0.1) is 38.0 Å². The number of amides is 2. The predicted octanol–water partition coefficient (Wildman–Crippen LogP) is 4.43. The zero-order valence-electron chi connectivity index (χ0n) is 23.4. The summed E-state index contributed by atoms with van der Waals surface area (Å²) in [6, 6.07) is 15.7. The van der Waals surface area contributed by atoms with Crippen molar-refractivity contribution in [1.82, 2.24) is 4.90 Å². The first-order valence-corrected chi connectivity index (χ1v) is 14.0. The fraction of sp³-hybridized carbons (Fsp3) is 0.500. The third-order valence-electron chi connectivity index (χ3n) is 9.34. The highest BCUT2D eigenvalue weighted by atomic mass is 16.5.